The molecule has 1 aliphatic rings. The van der Waals surface area contributed by atoms with Gasteiger partial charge in [0, 0.05) is 11.6 Å². The van der Waals surface area contributed by atoms with E-state index >= 15 is 0 Å². The summed E-state index contributed by atoms with van der Waals surface area (Å²) in [6.45, 7) is 0.918. The topological polar surface area (TPSA) is 69.6 Å². The van der Waals surface area contributed by atoms with E-state index in [-0.39, 0.29) is 17.4 Å². The second-order valence-corrected chi connectivity index (χ2v) is 3.34. The first-order chi connectivity index (χ1) is 6.70. The number of hydrogen-bond donors (Lipinski definition) is 3. The zero-order valence-electron chi connectivity index (χ0n) is 7.53. The average Bonchev–Trinajstić information content (AvgIpc) is 2.04. The van der Waals surface area contributed by atoms with Crippen molar-refractivity contribution in [2.75, 3.05) is 6.54 Å². The lowest BCUT2D eigenvalue weighted by atomic mass is 9.95. The van der Waals surface area contributed by atoms with Gasteiger partial charge >= 0.3 is 5.97 Å². The molecular formula is C10H11NO3. The zero-order chi connectivity index (χ0) is 10.1. The third-order valence-electron chi connectivity index (χ3n) is 2.50. The molecule has 1 aromatic rings. The molecule has 0 aliphatic carbocycles. The molecule has 0 saturated carbocycles. The van der Waals surface area contributed by atoms with Gasteiger partial charge in [0.1, 0.15) is 11.3 Å². The van der Waals surface area contributed by atoms with E-state index in [1.54, 1.807) is 12.1 Å². The summed E-state index contributed by atoms with van der Waals surface area (Å²) < 4.78 is 0. The van der Waals surface area contributed by atoms with Gasteiger partial charge in [-0.2, -0.15) is 0 Å². The normalized spacial score (nSPS) is 20.1. The number of para-hydroxylation sites is 1. The summed E-state index contributed by atoms with van der Waals surface area (Å²) in [5.41, 5.74) is 0.646. The van der Waals surface area contributed by atoms with Crippen LogP contribution in [0.5, 0.6) is 5.75 Å². The molecule has 1 aliphatic heterocycles. The van der Waals surface area contributed by atoms with Crippen LogP contribution in [0.25, 0.3) is 0 Å². The molecule has 0 radical (unpaired) electrons. The molecule has 0 unspecified atom stereocenters. The summed E-state index contributed by atoms with van der Waals surface area (Å²) in [4.78, 5) is 10.7. The van der Waals surface area contributed by atoms with Crippen LogP contribution in [0.4, 0.5) is 0 Å². The van der Waals surface area contributed by atoms with Crippen molar-refractivity contribution in [2.24, 2.45) is 0 Å². The van der Waals surface area contributed by atoms with Crippen LogP contribution >= 0.6 is 0 Å². The summed E-state index contributed by atoms with van der Waals surface area (Å²) in [6.07, 6.45) is 0.941. The fourth-order valence-corrected chi connectivity index (χ4v) is 1.57. The van der Waals surface area contributed by atoms with E-state index in [1.165, 1.54) is 6.07 Å². The number of nitrogens with one attached hydrogen (secondary N) is 1. The predicted octanol–water partition coefficient (Wildman–Crippen LogP) is 1.12. The highest BCUT2D eigenvalue weighted by molar-refractivity contribution is 5.91. The summed E-state index contributed by atoms with van der Waals surface area (Å²) in [5, 5.41) is 21.6. The number of aromatic carboxylic acids is 1. The Kier molecular flexibility index (Phi) is 2.13. The SMILES string of the molecule is O=C(O)c1cccc([C@H]2CCN2)c1O. The van der Waals surface area contributed by atoms with E-state index in [2.05, 4.69) is 5.32 Å². The van der Waals surface area contributed by atoms with Crippen LogP contribution in [0.1, 0.15) is 28.4 Å². The molecule has 0 spiro atoms. The molecule has 14 heavy (non-hydrogen) atoms. The number of rotatable bonds is 2. The Morgan fingerprint density at radius 1 is 1.50 bits per heavy atom. The minimum Gasteiger partial charge on any atom is -0.507 e. The molecule has 74 valence electrons. The molecule has 4 nitrogen and oxygen atoms in total. The Balaban J connectivity index is 2.40. The molecule has 0 bridgehead atoms. The van der Waals surface area contributed by atoms with Crippen molar-refractivity contribution in [1.29, 1.82) is 0 Å². The van der Waals surface area contributed by atoms with Crippen molar-refractivity contribution in [2.45, 2.75) is 12.5 Å². The van der Waals surface area contributed by atoms with Crippen molar-refractivity contribution in [3.8, 4) is 5.75 Å². The molecule has 1 atom stereocenters. The first-order valence-electron chi connectivity index (χ1n) is 4.48. The summed E-state index contributed by atoms with van der Waals surface area (Å²) in [7, 11) is 0. The van der Waals surface area contributed by atoms with Gasteiger partial charge in [0.15, 0.2) is 0 Å². The molecule has 3 N–H and O–H groups in total. The fourth-order valence-electron chi connectivity index (χ4n) is 1.57. The van der Waals surface area contributed by atoms with Gasteiger partial charge in [-0.05, 0) is 19.0 Å². The highest BCUT2D eigenvalue weighted by atomic mass is 16.4. The monoisotopic (exact) mass is 193 g/mol. The van der Waals surface area contributed by atoms with Gasteiger partial charge in [-0.25, -0.2) is 4.79 Å². The van der Waals surface area contributed by atoms with Crippen molar-refractivity contribution < 1.29 is 15.0 Å². The largest absolute Gasteiger partial charge is 0.507 e. The molecule has 1 saturated heterocycles. The lowest BCUT2D eigenvalue weighted by Gasteiger charge is -2.28. The molecular weight excluding hydrogens is 182 g/mol. The van der Waals surface area contributed by atoms with Gasteiger partial charge < -0.3 is 15.5 Å². The molecule has 1 aromatic carbocycles. The van der Waals surface area contributed by atoms with Crippen LogP contribution in [-0.2, 0) is 0 Å². The standard InChI is InChI=1S/C10H11NO3/c12-9-6(8-4-5-11-8)2-1-3-7(9)10(13)14/h1-3,8,11-12H,4-5H2,(H,13,14)/t8-/m1/s1. The van der Waals surface area contributed by atoms with E-state index < -0.39 is 5.97 Å². The number of aromatic hydroxyl groups is 1. The van der Waals surface area contributed by atoms with Gasteiger partial charge in [0.25, 0.3) is 0 Å². The Labute approximate surface area is 81.2 Å². The molecule has 1 fully saturated rings. The van der Waals surface area contributed by atoms with Crippen molar-refractivity contribution >= 4 is 5.97 Å². The van der Waals surface area contributed by atoms with Crippen molar-refractivity contribution in [1.82, 2.24) is 5.32 Å². The molecule has 1 heterocycles. The predicted molar refractivity (Wildman–Crippen MR) is 50.4 cm³/mol. The Morgan fingerprint density at radius 2 is 2.21 bits per heavy atom. The maximum absolute atomic E-state index is 10.7. The van der Waals surface area contributed by atoms with Gasteiger partial charge in [-0.15, -0.1) is 0 Å². The van der Waals surface area contributed by atoms with Crippen LogP contribution in [0.3, 0.4) is 0 Å². The Bertz CT molecular complexity index is 372. The van der Waals surface area contributed by atoms with Crippen LogP contribution in [-0.4, -0.2) is 22.7 Å². The smallest absolute Gasteiger partial charge is 0.339 e. The number of carboxylic acid groups (broad SMARTS) is 1. The minimum atomic E-state index is -1.09. The van der Waals surface area contributed by atoms with Crippen LogP contribution in [0, 0.1) is 0 Å². The maximum atomic E-state index is 10.7. The van der Waals surface area contributed by atoms with E-state index in [0.717, 1.165) is 13.0 Å². The van der Waals surface area contributed by atoms with Gasteiger partial charge in [0.2, 0.25) is 0 Å². The van der Waals surface area contributed by atoms with Crippen LogP contribution in [0.2, 0.25) is 0 Å². The maximum Gasteiger partial charge on any atom is 0.339 e. The molecule has 0 amide bonds. The van der Waals surface area contributed by atoms with E-state index in [1.807, 2.05) is 0 Å². The van der Waals surface area contributed by atoms with Gasteiger partial charge in [-0.1, -0.05) is 12.1 Å². The number of hydrogen-bond acceptors (Lipinski definition) is 3. The summed E-state index contributed by atoms with van der Waals surface area (Å²) >= 11 is 0. The van der Waals surface area contributed by atoms with Crippen LogP contribution < -0.4 is 5.32 Å². The second-order valence-electron chi connectivity index (χ2n) is 3.34. The summed E-state index contributed by atoms with van der Waals surface area (Å²) in [6, 6.07) is 4.91. The van der Waals surface area contributed by atoms with Crippen molar-refractivity contribution in [3.05, 3.63) is 29.3 Å². The number of benzene rings is 1. The third kappa shape index (κ3) is 1.33. The lowest BCUT2D eigenvalue weighted by molar-refractivity contribution is 0.0693. The number of carbonyl (C=O) groups is 1. The molecule has 4 heteroatoms. The average molecular weight is 193 g/mol. The highest BCUT2D eigenvalue weighted by Crippen LogP contribution is 2.32. The van der Waals surface area contributed by atoms with Crippen LogP contribution in [0.15, 0.2) is 18.2 Å². The Morgan fingerprint density at radius 3 is 2.71 bits per heavy atom. The lowest BCUT2D eigenvalue weighted by Crippen LogP contribution is -2.35. The van der Waals surface area contributed by atoms with Crippen molar-refractivity contribution in [3.63, 3.8) is 0 Å². The minimum absolute atomic E-state index is 0.0313. The van der Waals surface area contributed by atoms with E-state index in [9.17, 15) is 9.90 Å². The third-order valence-corrected chi connectivity index (χ3v) is 2.50. The van der Waals surface area contributed by atoms with E-state index in [4.69, 9.17) is 5.11 Å². The van der Waals surface area contributed by atoms with E-state index in [0.29, 0.717) is 5.56 Å². The Hall–Kier alpha value is -1.55. The van der Waals surface area contributed by atoms with Gasteiger partial charge in [-0.3, -0.25) is 0 Å². The number of carboxylic acids is 1. The number of phenols is 1. The quantitative estimate of drug-likeness (QED) is 0.658. The second kappa shape index (κ2) is 3.31. The zero-order valence-corrected chi connectivity index (χ0v) is 7.53. The highest BCUT2D eigenvalue weighted by Gasteiger charge is 2.23. The molecule has 2 rings (SSSR count). The first-order valence-corrected chi connectivity index (χ1v) is 4.48. The van der Waals surface area contributed by atoms with Gasteiger partial charge in [0.05, 0.1) is 0 Å². The fraction of sp³-hybridized carbons (Fsp3) is 0.300. The first kappa shape index (κ1) is 9.02. The molecule has 0 aromatic heterocycles. The summed E-state index contributed by atoms with van der Waals surface area (Å²) in [5.74, 6) is -1.21.